The number of ether oxygens (including phenoxy) is 2. The summed E-state index contributed by atoms with van der Waals surface area (Å²) in [5.41, 5.74) is 1.21. The molecule has 1 aliphatic rings. The van der Waals surface area contributed by atoms with Crippen LogP contribution in [0.3, 0.4) is 0 Å². The number of nitrogens with one attached hydrogen (secondary N) is 2. The van der Waals surface area contributed by atoms with Gasteiger partial charge >= 0.3 is 0 Å². The predicted octanol–water partition coefficient (Wildman–Crippen LogP) is 3.57. The maximum absolute atomic E-state index is 5.65. The molecule has 1 aliphatic carbocycles. The van der Waals surface area contributed by atoms with Gasteiger partial charge in [-0.2, -0.15) is 0 Å². The molecule has 6 heteroatoms. The van der Waals surface area contributed by atoms with Crippen LogP contribution < -0.4 is 15.4 Å². The van der Waals surface area contributed by atoms with E-state index in [0.29, 0.717) is 0 Å². The standard InChI is InChI=1S/C20H33N3O2.HI/c1-20(2,17-7-5-8-18(13-17)24-4)15-23-19(21-3)22-11-6-12-25-14-16-9-10-16;/h5,7-8,13,16H,6,9-12,14-15H2,1-4H3,(H2,21,22,23);1H. The van der Waals surface area contributed by atoms with Crippen molar-refractivity contribution in [2.45, 2.75) is 38.5 Å². The van der Waals surface area contributed by atoms with Gasteiger partial charge in [0.15, 0.2) is 5.96 Å². The monoisotopic (exact) mass is 475 g/mol. The van der Waals surface area contributed by atoms with Crippen LogP contribution >= 0.6 is 24.0 Å². The number of halogens is 1. The zero-order valence-electron chi connectivity index (χ0n) is 16.5. The Morgan fingerprint density at radius 2 is 2.04 bits per heavy atom. The summed E-state index contributed by atoms with van der Waals surface area (Å²) in [6.07, 6.45) is 3.68. The normalized spacial score (nSPS) is 14.5. The molecule has 5 nitrogen and oxygen atoms in total. The second-order valence-corrected chi connectivity index (χ2v) is 7.34. The van der Waals surface area contributed by atoms with Crippen molar-refractivity contribution in [2.24, 2.45) is 10.9 Å². The molecule has 0 saturated heterocycles. The van der Waals surface area contributed by atoms with Gasteiger partial charge in [0.1, 0.15) is 5.75 Å². The summed E-state index contributed by atoms with van der Waals surface area (Å²) in [7, 11) is 3.50. The molecule has 1 aromatic rings. The number of hydrogen-bond acceptors (Lipinski definition) is 3. The van der Waals surface area contributed by atoms with Gasteiger partial charge in [-0.15, -0.1) is 24.0 Å². The number of guanidine groups is 1. The third kappa shape index (κ3) is 8.12. The van der Waals surface area contributed by atoms with E-state index in [1.54, 1.807) is 14.2 Å². The quantitative estimate of drug-likeness (QED) is 0.235. The van der Waals surface area contributed by atoms with Gasteiger partial charge < -0.3 is 20.1 Å². The summed E-state index contributed by atoms with van der Waals surface area (Å²) < 4.78 is 11.0. The highest BCUT2D eigenvalue weighted by atomic mass is 127. The summed E-state index contributed by atoms with van der Waals surface area (Å²) in [6, 6.07) is 8.23. The Kier molecular flexibility index (Phi) is 10.3. The lowest BCUT2D eigenvalue weighted by Crippen LogP contribution is -2.43. The lowest BCUT2D eigenvalue weighted by atomic mass is 9.84. The average molecular weight is 475 g/mol. The summed E-state index contributed by atoms with van der Waals surface area (Å²) in [4.78, 5) is 4.30. The first-order valence-electron chi connectivity index (χ1n) is 9.22. The van der Waals surface area contributed by atoms with Gasteiger partial charge in [0.25, 0.3) is 0 Å². The first kappa shape index (κ1) is 23.0. The number of hydrogen-bond donors (Lipinski definition) is 2. The molecule has 0 atom stereocenters. The number of benzene rings is 1. The Bertz CT molecular complexity index is 560. The lowest BCUT2D eigenvalue weighted by molar-refractivity contribution is 0.123. The minimum Gasteiger partial charge on any atom is -0.497 e. The van der Waals surface area contributed by atoms with Crippen molar-refractivity contribution in [1.82, 2.24) is 10.6 Å². The van der Waals surface area contributed by atoms with Crippen molar-refractivity contribution in [2.75, 3.05) is 40.5 Å². The zero-order valence-corrected chi connectivity index (χ0v) is 18.8. The number of nitrogens with zero attached hydrogens (tertiary/aromatic N) is 1. The van der Waals surface area contributed by atoms with Crippen LogP contribution in [0.1, 0.15) is 38.7 Å². The highest BCUT2D eigenvalue weighted by Crippen LogP contribution is 2.28. The van der Waals surface area contributed by atoms with Gasteiger partial charge in [0.05, 0.1) is 7.11 Å². The molecular weight excluding hydrogens is 441 g/mol. The molecule has 0 aromatic heterocycles. The fraction of sp³-hybridized carbons (Fsp3) is 0.650. The molecular formula is C20H34IN3O2. The van der Waals surface area contributed by atoms with Gasteiger partial charge in [-0.3, -0.25) is 4.99 Å². The molecule has 2 N–H and O–H groups in total. The third-order valence-corrected chi connectivity index (χ3v) is 4.58. The Morgan fingerprint density at radius 1 is 1.27 bits per heavy atom. The maximum Gasteiger partial charge on any atom is 0.191 e. The highest BCUT2D eigenvalue weighted by molar-refractivity contribution is 14.0. The van der Waals surface area contributed by atoms with Crippen LogP contribution in [0, 0.1) is 5.92 Å². The van der Waals surface area contributed by atoms with E-state index in [2.05, 4.69) is 41.6 Å². The van der Waals surface area contributed by atoms with Gasteiger partial charge in [0, 0.05) is 38.8 Å². The van der Waals surface area contributed by atoms with E-state index in [1.165, 1.54) is 18.4 Å². The van der Waals surface area contributed by atoms with Crippen LogP contribution in [0.2, 0.25) is 0 Å². The van der Waals surface area contributed by atoms with E-state index in [1.807, 2.05) is 12.1 Å². The first-order chi connectivity index (χ1) is 12.0. The maximum atomic E-state index is 5.65. The fourth-order valence-electron chi connectivity index (χ4n) is 2.59. The van der Waals surface area contributed by atoms with Gasteiger partial charge in [-0.1, -0.05) is 26.0 Å². The van der Waals surface area contributed by atoms with E-state index in [4.69, 9.17) is 9.47 Å². The highest BCUT2D eigenvalue weighted by Gasteiger charge is 2.22. The number of rotatable bonds is 10. The number of aliphatic imine (C=N–C) groups is 1. The summed E-state index contributed by atoms with van der Waals surface area (Å²) in [5, 5.41) is 6.78. The Balaban J connectivity index is 0.00000338. The SMILES string of the molecule is CN=C(NCCCOCC1CC1)NCC(C)(C)c1cccc(OC)c1.I. The largest absolute Gasteiger partial charge is 0.497 e. The molecule has 1 fully saturated rings. The molecule has 1 aromatic carbocycles. The van der Waals surface area contributed by atoms with Crippen LogP contribution in [0.5, 0.6) is 5.75 Å². The van der Waals surface area contributed by atoms with E-state index in [0.717, 1.165) is 50.4 Å². The molecule has 26 heavy (non-hydrogen) atoms. The second-order valence-electron chi connectivity index (χ2n) is 7.34. The van der Waals surface area contributed by atoms with Crippen molar-refractivity contribution in [1.29, 1.82) is 0 Å². The molecule has 1 saturated carbocycles. The van der Waals surface area contributed by atoms with Crippen LogP contribution in [-0.2, 0) is 10.2 Å². The van der Waals surface area contributed by atoms with Crippen molar-refractivity contribution in [3.63, 3.8) is 0 Å². The molecule has 2 rings (SSSR count). The summed E-state index contributed by atoms with van der Waals surface area (Å²) in [6.45, 7) is 7.83. The Morgan fingerprint density at radius 3 is 2.69 bits per heavy atom. The summed E-state index contributed by atoms with van der Waals surface area (Å²) in [5.74, 6) is 2.55. The van der Waals surface area contributed by atoms with E-state index in [-0.39, 0.29) is 29.4 Å². The molecule has 0 radical (unpaired) electrons. The predicted molar refractivity (Wildman–Crippen MR) is 119 cm³/mol. The van der Waals surface area contributed by atoms with Crippen molar-refractivity contribution < 1.29 is 9.47 Å². The molecule has 0 aliphatic heterocycles. The minimum absolute atomic E-state index is 0. The van der Waals surface area contributed by atoms with Gasteiger partial charge in [-0.05, 0) is 42.9 Å². The Labute approximate surface area is 175 Å². The van der Waals surface area contributed by atoms with Gasteiger partial charge in [0.2, 0.25) is 0 Å². The Hall–Kier alpha value is -1.02. The zero-order chi connectivity index (χ0) is 18.1. The van der Waals surface area contributed by atoms with Gasteiger partial charge in [-0.25, -0.2) is 0 Å². The van der Waals surface area contributed by atoms with E-state index < -0.39 is 0 Å². The third-order valence-electron chi connectivity index (χ3n) is 4.58. The summed E-state index contributed by atoms with van der Waals surface area (Å²) >= 11 is 0. The first-order valence-corrected chi connectivity index (χ1v) is 9.22. The smallest absolute Gasteiger partial charge is 0.191 e. The molecule has 0 heterocycles. The lowest BCUT2D eigenvalue weighted by Gasteiger charge is -2.27. The van der Waals surface area contributed by atoms with Crippen molar-refractivity contribution >= 4 is 29.9 Å². The van der Waals surface area contributed by atoms with Crippen molar-refractivity contribution in [3.05, 3.63) is 29.8 Å². The van der Waals surface area contributed by atoms with Crippen LogP contribution in [-0.4, -0.2) is 46.4 Å². The molecule has 148 valence electrons. The van der Waals surface area contributed by atoms with Crippen LogP contribution in [0.25, 0.3) is 0 Å². The molecule has 0 spiro atoms. The molecule has 0 amide bonds. The van der Waals surface area contributed by atoms with E-state index in [9.17, 15) is 0 Å². The number of methoxy groups -OCH3 is 1. The fourth-order valence-corrected chi connectivity index (χ4v) is 2.59. The second kappa shape index (κ2) is 11.6. The molecule has 0 unspecified atom stereocenters. The van der Waals surface area contributed by atoms with Crippen LogP contribution in [0.15, 0.2) is 29.3 Å². The minimum atomic E-state index is -0.0282. The van der Waals surface area contributed by atoms with E-state index >= 15 is 0 Å². The average Bonchev–Trinajstić information content (AvgIpc) is 3.45. The van der Waals surface area contributed by atoms with Crippen LogP contribution in [0.4, 0.5) is 0 Å². The topological polar surface area (TPSA) is 54.9 Å². The molecule has 0 bridgehead atoms. The van der Waals surface area contributed by atoms with Crippen molar-refractivity contribution in [3.8, 4) is 5.75 Å².